The second-order valence-electron chi connectivity index (χ2n) is 7.40. The van der Waals surface area contributed by atoms with Crippen LogP contribution in [-0.2, 0) is 16.1 Å². The number of carbonyl (C=O) groups excluding carboxylic acids is 2. The largest absolute Gasteiger partial charge is 0.483 e. The van der Waals surface area contributed by atoms with E-state index in [1.807, 2.05) is 76.2 Å². The second-order valence-corrected chi connectivity index (χ2v) is 7.40. The van der Waals surface area contributed by atoms with E-state index < -0.39 is 6.04 Å². The van der Waals surface area contributed by atoms with Crippen molar-refractivity contribution in [3.63, 3.8) is 0 Å². The van der Waals surface area contributed by atoms with Crippen molar-refractivity contribution in [3.05, 3.63) is 65.2 Å². The summed E-state index contributed by atoms with van der Waals surface area (Å²) in [5.41, 5.74) is 3.00. The predicted molar refractivity (Wildman–Crippen MR) is 111 cm³/mol. The molecule has 0 fully saturated rings. The van der Waals surface area contributed by atoms with Crippen LogP contribution in [0.25, 0.3) is 0 Å². The SMILES string of the molecule is Cc1ccc(C)c(OCC(=O)N(Cc2ccccc2)C(C)C(=O)NC(C)C)c1. The van der Waals surface area contributed by atoms with E-state index in [4.69, 9.17) is 4.74 Å². The van der Waals surface area contributed by atoms with Gasteiger partial charge in [-0.05, 0) is 57.4 Å². The van der Waals surface area contributed by atoms with Crippen molar-refractivity contribution in [2.75, 3.05) is 6.61 Å². The summed E-state index contributed by atoms with van der Waals surface area (Å²) in [6.45, 7) is 9.71. The molecule has 2 rings (SSSR count). The van der Waals surface area contributed by atoms with Gasteiger partial charge in [-0.25, -0.2) is 0 Å². The van der Waals surface area contributed by atoms with Crippen LogP contribution in [0.15, 0.2) is 48.5 Å². The van der Waals surface area contributed by atoms with Crippen LogP contribution < -0.4 is 10.1 Å². The number of nitrogens with one attached hydrogen (secondary N) is 1. The van der Waals surface area contributed by atoms with E-state index in [-0.39, 0.29) is 24.5 Å². The molecule has 0 heterocycles. The van der Waals surface area contributed by atoms with Gasteiger partial charge in [-0.3, -0.25) is 9.59 Å². The van der Waals surface area contributed by atoms with E-state index in [1.165, 1.54) is 0 Å². The van der Waals surface area contributed by atoms with Crippen LogP contribution in [0.5, 0.6) is 5.75 Å². The molecule has 28 heavy (non-hydrogen) atoms. The van der Waals surface area contributed by atoms with Gasteiger partial charge in [0.1, 0.15) is 11.8 Å². The molecule has 1 atom stereocenters. The van der Waals surface area contributed by atoms with E-state index in [2.05, 4.69) is 5.32 Å². The Morgan fingerprint density at radius 1 is 1.04 bits per heavy atom. The molecule has 0 aliphatic heterocycles. The third-order valence-electron chi connectivity index (χ3n) is 4.49. The van der Waals surface area contributed by atoms with Gasteiger partial charge in [-0.1, -0.05) is 42.5 Å². The van der Waals surface area contributed by atoms with Crippen molar-refractivity contribution < 1.29 is 14.3 Å². The second kappa shape index (κ2) is 9.93. The zero-order valence-corrected chi connectivity index (χ0v) is 17.4. The Morgan fingerprint density at radius 3 is 2.36 bits per heavy atom. The highest BCUT2D eigenvalue weighted by atomic mass is 16.5. The summed E-state index contributed by atoms with van der Waals surface area (Å²) < 4.78 is 5.79. The van der Waals surface area contributed by atoms with E-state index in [0.717, 1.165) is 16.7 Å². The fourth-order valence-electron chi connectivity index (χ4n) is 2.85. The first-order valence-electron chi connectivity index (χ1n) is 9.61. The summed E-state index contributed by atoms with van der Waals surface area (Å²) in [4.78, 5) is 27.1. The minimum Gasteiger partial charge on any atom is -0.483 e. The van der Waals surface area contributed by atoms with Crippen molar-refractivity contribution in [3.8, 4) is 5.75 Å². The number of rotatable bonds is 8. The number of benzene rings is 2. The van der Waals surface area contributed by atoms with Gasteiger partial charge in [-0.15, -0.1) is 0 Å². The van der Waals surface area contributed by atoms with Gasteiger partial charge in [0.05, 0.1) is 0 Å². The van der Waals surface area contributed by atoms with E-state index in [9.17, 15) is 9.59 Å². The van der Waals surface area contributed by atoms with Gasteiger partial charge in [0.2, 0.25) is 5.91 Å². The van der Waals surface area contributed by atoms with E-state index >= 15 is 0 Å². The van der Waals surface area contributed by atoms with Crippen LogP contribution in [-0.4, -0.2) is 35.4 Å². The number of aryl methyl sites for hydroxylation is 2. The fraction of sp³-hybridized carbons (Fsp3) is 0.391. The molecular weight excluding hydrogens is 352 g/mol. The van der Waals surface area contributed by atoms with E-state index in [1.54, 1.807) is 11.8 Å². The monoisotopic (exact) mass is 382 g/mol. The van der Waals surface area contributed by atoms with Gasteiger partial charge in [0, 0.05) is 12.6 Å². The predicted octanol–water partition coefficient (Wildman–Crippen LogP) is 3.62. The average molecular weight is 383 g/mol. The molecule has 2 amide bonds. The molecule has 0 saturated heterocycles. The maximum atomic E-state index is 13.0. The molecule has 0 aromatic heterocycles. The van der Waals surface area contributed by atoms with E-state index in [0.29, 0.717) is 12.3 Å². The molecule has 2 aromatic carbocycles. The molecular formula is C23H30N2O3. The lowest BCUT2D eigenvalue weighted by Gasteiger charge is -2.29. The lowest BCUT2D eigenvalue weighted by molar-refractivity contribution is -0.142. The topological polar surface area (TPSA) is 58.6 Å². The number of hydrogen-bond donors (Lipinski definition) is 1. The Morgan fingerprint density at radius 2 is 1.71 bits per heavy atom. The average Bonchev–Trinajstić information content (AvgIpc) is 2.66. The Hall–Kier alpha value is -2.82. The van der Waals surface area contributed by atoms with Crippen LogP contribution in [0, 0.1) is 13.8 Å². The third kappa shape index (κ3) is 6.12. The standard InChI is InChI=1S/C23H30N2O3/c1-16(2)24-23(27)19(5)25(14-20-9-7-6-8-10-20)22(26)15-28-21-13-17(3)11-12-18(21)4/h6-13,16,19H,14-15H2,1-5H3,(H,24,27). The highest BCUT2D eigenvalue weighted by molar-refractivity contribution is 5.88. The minimum atomic E-state index is -0.600. The van der Waals surface area contributed by atoms with Crippen molar-refractivity contribution in [1.82, 2.24) is 10.2 Å². The van der Waals surface area contributed by atoms with Gasteiger partial charge < -0.3 is 15.0 Å². The molecule has 2 aromatic rings. The number of ether oxygens (including phenoxy) is 1. The summed E-state index contributed by atoms with van der Waals surface area (Å²) >= 11 is 0. The zero-order chi connectivity index (χ0) is 20.7. The van der Waals surface area contributed by atoms with Gasteiger partial charge in [0.25, 0.3) is 5.91 Å². The molecule has 0 saturated carbocycles. The molecule has 150 valence electrons. The first kappa shape index (κ1) is 21.5. The molecule has 0 spiro atoms. The van der Waals surface area contributed by atoms with Crippen LogP contribution in [0.3, 0.4) is 0 Å². The Labute approximate surface area is 167 Å². The van der Waals surface area contributed by atoms with Crippen molar-refractivity contribution >= 4 is 11.8 Å². The maximum Gasteiger partial charge on any atom is 0.261 e. The number of hydrogen-bond acceptors (Lipinski definition) is 3. The molecule has 1 unspecified atom stereocenters. The van der Waals surface area contributed by atoms with Gasteiger partial charge in [0.15, 0.2) is 6.61 Å². The Bertz CT molecular complexity index is 803. The lowest BCUT2D eigenvalue weighted by atomic mass is 10.1. The highest BCUT2D eigenvalue weighted by Gasteiger charge is 2.26. The molecule has 5 heteroatoms. The Balaban J connectivity index is 2.15. The number of amides is 2. The van der Waals surface area contributed by atoms with Crippen LogP contribution in [0.1, 0.15) is 37.5 Å². The molecule has 0 aliphatic rings. The molecule has 1 N–H and O–H groups in total. The van der Waals surface area contributed by atoms with Crippen LogP contribution in [0.4, 0.5) is 0 Å². The summed E-state index contributed by atoms with van der Waals surface area (Å²) in [7, 11) is 0. The maximum absolute atomic E-state index is 13.0. The normalized spacial score (nSPS) is 11.8. The third-order valence-corrected chi connectivity index (χ3v) is 4.49. The van der Waals surface area contributed by atoms with Crippen molar-refractivity contribution in [1.29, 1.82) is 0 Å². The van der Waals surface area contributed by atoms with Crippen molar-refractivity contribution in [2.24, 2.45) is 0 Å². The molecule has 0 aliphatic carbocycles. The fourth-order valence-corrected chi connectivity index (χ4v) is 2.85. The summed E-state index contributed by atoms with van der Waals surface area (Å²) in [5.74, 6) is 0.287. The summed E-state index contributed by atoms with van der Waals surface area (Å²) in [6.07, 6.45) is 0. The van der Waals surface area contributed by atoms with Gasteiger partial charge >= 0.3 is 0 Å². The van der Waals surface area contributed by atoms with Crippen LogP contribution >= 0.6 is 0 Å². The highest BCUT2D eigenvalue weighted by Crippen LogP contribution is 2.19. The van der Waals surface area contributed by atoms with Crippen molar-refractivity contribution in [2.45, 2.75) is 53.2 Å². The molecule has 0 radical (unpaired) electrons. The van der Waals surface area contributed by atoms with Gasteiger partial charge in [-0.2, -0.15) is 0 Å². The summed E-state index contributed by atoms with van der Waals surface area (Å²) in [5, 5.41) is 2.88. The Kier molecular flexibility index (Phi) is 7.61. The molecule has 0 bridgehead atoms. The first-order valence-corrected chi connectivity index (χ1v) is 9.61. The lowest BCUT2D eigenvalue weighted by Crippen LogP contribution is -2.50. The molecule has 5 nitrogen and oxygen atoms in total. The quantitative estimate of drug-likeness (QED) is 0.759. The smallest absolute Gasteiger partial charge is 0.261 e. The zero-order valence-electron chi connectivity index (χ0n) is 17.4. The number of carbonyl (C=O) groups is 2. The number of nitrogens with zero attached hydrogens (tertiary/aromatic N) is 1. The minimum absolute atomic E-state index is 0.00909. The summed E-state index contributed by atoms with van der Waals surface area (Å²) in [6, 6.07) is 14.9. The van der Waals surface area contributed by atoms with Crippen LogP contribution in [0.2, 0.25) is 0 Å². The first-order chi connectivity index (χ1) is 13.3.